The number of halogens is 2. The number of nitrogens with zero attached hydrogens (tertiary/aromatic N) is 1. The third-order valence-corrected chi connectivity index (χ3v) is 3.18. The Balaban J connectivity index is 2.67. The van der Waals surface area contributed by atoms with Crippen LogP contribution in [0.4, 0.5) is 4.39 Å². The first-order valence-corrected chi connectivity index (χ1v) is 5.63. The first-order valence-electron chi connectivity index (χ1n) is 5.25. The number of ether oxygens (including phenoxy) is 1. The van der Waals surface area contributed by atoms with E-state index in [2.05, 4.69) is 0 Å². The van der Waals surface area contributed by atoms with Crippen molar-refractivity contribution in [2.24, 2.45) is 0 Å². The molecule has 0 spiro atoms. The summed E-state index contributed by atoms with van der Waals surface area (Å²) in [6.45, 7) is 0.675. The Hall–Kier alpha value is -1.10. The van der Waals surface area contributed by atoms with Crippen molar-refractivity contribution in [2.45, 2.75) is 13.2 Å². The molecule has 0 atom stereocenters. The summed E-state index contributed by atoms with van der Waals surface area (Å²) in [6.07, 6.45) is 0. The van der Waals surface area contributed by atoms with Crippen LogP contribution in [-0.4, -0.2) is 23.4 Å². The summed E-state index contributed by atoms with van der Waals surface area (Å²) < 4.78 is 20.4. The number of aliphatic hydroxyl groups is 1. The Kier molecular flexibility index (Phi) is 3.66. The Bertz CT molecular complexity index is 539. The maximum atomic E-state index is 13.8. The van der Waals surface area contributed by atoms with E-state index in [-0.39, 0.29) is 12.4 Å². The van der Waals surface area contributed by atoms with Crippen LogP contribution in [0.25, 0.3) is 10.9 Å². The molecule has 0 aliphatic heterocycles. The number of hydrogen-bond donors (Lipinski definition) is 1. The average molecular weight is 258 g/mol. The van der Waals surface area contributed by atoms with Gasteiger partial charge in [-0.2, -0.15) is 0 Å². The molecule has 3 nitrogen and oxygen atoms in total. The van der Waals surface area contributed by atoms with E-state index in [4.69, 9.17) is 16.3 Å². The third kappa shape index (κ3) is 2.04. The van der Waals surface area contributed by atoms with E-state index < -0.39 is 0 Å². The zero-order chi connectivity index (χ0) is 12.4. The highest BCUT2D eigenvalue weighted by Gasteiger charge is 2.17. The molecule has 0 aliphatic carbocycles. The summed E-state index contributed by atoms with van der Waals surface area (Å²) in [5.41, 5.74) is 0.968. The maximum Gasteiger partial charge on any atom is 0.147 e. The molecule has 0 unspecified atom stereocenters. The van der Waals surface area contributed by atoms with Crippen LogP contribution in [-0.2, 0) is 17.9 Å². The highest BCUT2D eigenvalue weighted by atomic mass is 35.5. The summed E-state index contributed by atoms with van der Waals surface area (Å²) in [6, 6.07) is 4.73. The highest BCUT2D eigenvalue weighted by molar-refractivity contribution is 6.32. The van der Waals surface area contributed by atoms with E-state index in [9.17, 15) is 9.50 Å². The summed E-state index contributed by atoms with van der Waals surface area (Å²) in [5, 5.41) is 10.3. The Labute approximate surface area is 103 Å². The molecule has 0 fully saturated rings. The van der Waals surface area contributed by atoms with Crippen molar-refractivity contribution in [1.29, 1.82) is 0 Å². The smallest absolute Gasteiger partial charge is 0.147 e. The van der Waals surface area contributed by atoms with Crippen LogP contribution in [0.5, 0.6) is 0 Å². The fraction of sp³-hybridized carbons (Fsp3) is 0.333. The van der Waals surface area contributed by atoms with Crippen LogP contribution in [0, 0.1) is 5.82 Å². The summed E-state index contributed by atoms with van der Waals surface area (Å²) in [5.74, 6) is -0.347. The van der Waals surface area contributed by atoms with E-state index in [1.165, 1.54) is 6.07 Å². The number of aliphatic hydroxyl groups excluding tert-OH is 1. The molecule has 0 saturated carbocycles. The van der Waals surface area contributed by atoms with Crippen molar-refractivity contribution in [1.82, 2.24) is 4.57 Å². The van der Waals surface area contributed by atoms with Crippen molar-refractivity contribution in [3.63, 3.8) is 0 Å². The molecule has 0 radical (unpaired) electrons. The summed E-state index contributed by atoms with van der Waals surface area (Å²) in [7, 11) is 1.57. The number of rotatable bonds is 4. The first kappa shape index (κ1) is 12.4. The van der Waals surface area contributed by atoms with Crippen LogP contribution in [0.2, 0.25) is 5.15 Å². The second-order valence-corrected chi connectivity index (χ2v) is 4.07. The molecule has 0 amide bonds. The lowest BCUT2D eigenvalue weighted by Crippen LogP contribution is -2.05. The van der Waals surface area contributed by atoms with Crippen LogP contribution in [0.1, 0.15) is 5.56 Å². The average Bonchev–Trinajstić information content (AvgIpc) is 2.60. The van der Waals surface area contributed by atoms with Gasteiger partial charge in [0.2, 0.25) is 0 Å². The van der Waals surface area contributed by atoms with E-state index in [1.54, 1.807) is 23.8 Å². The standard InChI is InChI=1S/C12H13ClFNO2/c1-17-6-5-15-11-8(3-2-4-10(11)14)9(7-16)12(15)13/h2-4,16H,5-7H2,1H3. The van der Waals surface area contributed by atoms with Crippen LogP contribution in [0.15, 0.2) is 18.2 Å². The van der Waals surface area contributed by atoms with Gasteiger partial charge in [-0.1, -0.05) is 23.7 Å². The van der Waals surface area contributed by atoms with Crippen molar-refractivity contribution in [3.8, 4) is 0 Å². The molecule has 2 rings (SSSR count). The van der Waals surface area contributed by atoms with E-state index in [1.807, 2.05) is 0 Å². The van der Waals surface area contributed by atoms with Crippen molar-refractivity contribution >= 4 is 22.5 Å². The van der Waals surface area contributed by atoms with Gasteiger partial charge in [0.05, 0.1) is 18.7 Å². The normalized spacial score (nSPS) is 11.3. The lowest BCUT2D eigenvalue weighted by Gasteiger charge is -2.06. The Morgan fingerprint density at radius 2 is 2.24 bits per heavy atom. The van der Waals surface area contributed by atoms with E-state index >= 15 is 0 Å². The van der Waals surface area contributed by atoms with Gasteiger partial charge >= 0.3 is 0 Å². The van der Waals surface area contributed by atoms with Gasteiger partial charge < -0.3 is 14.4 Å². The molecule has 1 aromatic carbocycles. The number of hydrogen-bond acceptors (Lipinski definition) is 2. The van der Waals surface area contributed by atoms with Gasteiger partial charge in [0.15, 0.2) is 0 Å². The SMILES string of the molecule is COCCn1c(Cl)c(CO)c2cccc(F)c21. The molecule has 0 saturated heterocycles. The minimum absolute atomic E-state index is 0.210. The molecule has 1 aromatic heterocycles. The van der Waals surface area contributed by atoms with Crippen molar-refractivity contribution in [2.75, 3.05) is 13.7 Å². The van der Waals surface area contributed by atoms with E-state index in [0.29, 0.717) is 34.8 Å². The molecule has 1 N–H and O–H groups in total. The molecule has 17 heavy (non-hydrogen) atoms. The number of fused-ring (bicyclic) bond motifs is 1. The lowest BCUT2D eigenvalue weighted by atomic mass is 10.2. The second kappa shape index (κ2) is 5.04. The van der Waals surface area contributed by atoms with Crippen molar-refractivity contribution < 1.29 is 14.2 Å². The molecule has 92 valence electrons. The second-order valence-electron chi connectivity index (χ2n) is 3.71. The molecule has 0 bridgehead atoms. The molecule has 2 aromatic rings. The molecule has 0 aliphatic rings. The molecule has 5 heteroatoms. The minimum Gasteiger partial charge on any atom is -0.392 e. The van der Waals surface area contributed by atoms with Crippen molar-refractivity contribution in [3.05, 3.63) is 34.7 Å². The fourth-order valence-electron chi connectivity index (χ4n) is 1.95. The maximum absolute atomic E-state index is 13.8. The molecular weight excluding hydrogens is 245 g/mol. The quantitative estimate of drug-likeness (QED) is 0.914. The number of aromatic nitrogens is 1. The number of methoxy groups -OCH3 is 1. The number of benzene rings is 1. The fourth-order valence-corrected chi connectivity index (χ4v) is 2.28. The van der Waals surface area contributed by atoms with Crippen LogP contribution < -0.4 is 0 Å². The highest BCUT2D eigenvalue weighted by Crippen LogP contribution is 2.31. The zero-order valence-corrected chi connectivity index (χ0v) is 10.2. The van der Waals surface area contributed by atoms with Gasteiger partial charge in [0, 0.05) is 24.6 Å². The first-order chi connectivity index (χ1) is 8.20. The van der Waals surface area contributed by atoms with Gasteiger partial charge in [0.1, 0.15) is 11.0 Å². The predicted molar refractivity (Wildman–Crippen MR) is 64.7 cm³/mol. The number of para-hydroxylation sites is 1. The van der Waals surface area contributed by atoms with Gasteiger partial charge in [-0.05, 0) is 6.07 Å². The van der Waals surface area contributed by atoms with E-state index in [0.717, 1.165) is 0 Å². The topological polar surface area (TPSA) is 34.4 Å². The minimum atomic E-state index is -0.347. The van der Waals surface area contributed by atoms with Gasteiger partial charge in [0.25, 0.3) is 0 Å². The monoisotopic (exact) mass is 257 g/mol. The van der Waals surface area contributed by atoms with Crippen LogP contribution in [0.3, 0.4) is 0 Å². The Morgan fingerprint density at radius 3 is 2.88 bits per heavy atom. The lowest BCUT2D eigenvalue weighted by molar-refractivity contribution is 0.188. The summed E-state index contributed by atoms with van der Waals surface area (Å²) in [4.78, 5) is 0. The summed E-state index contributed by atoms with van der Waals surface area (Å²) >= 11 is 6.14. The van der Waals surface area contributed by atoms with Crippen LogP contribution >= 0.6 is 11.6 Å². The molecular formula is C12H13ClFNO2. The third-order valence-electron chi connectivity index (χ3n) is 2.74. The Morgan fingerprint density at radius 1 is 1.47 bits per heavy atom. The van der Waals surface area contributed by atoms with Gasteiger partial charge in [-0.25, -0.2) is 4.39 Å². The zero-order valence-electron chi connectivity index (χ0n) is 9.41. The predicted octanol–water partition coefficient (Wildman–Crippen LogP) is 2.57. The largest absolute Gasteiger partial charge is 0.392 e. The molecule has 1 heterocycles. The van der Waals surface area contributed by atoms with Gasteiger partial charge in [-0.3, -0.25) is 0 Å². The van der Waals surface area contributed by atoms with Gasteiger partial charge in [-0.15, -0.1) is 0 Å².